The van der Waals surface area contributed by atoms with Crippen molar-refractivity contribution in [3.05, 3.63) is 52.5 Å². The summed E-state index contributed by atoms with van der Waals surface area (Å²) in [6.07, 6.45) is 0. The first-order chi connectivity index (χ1) is 16.0. The predicted octanol–water partition coefficient (Wildman–Crippen LogP) is 3.40. The molecule has 0 saturated carbocycles. The van der Waals surface area contributed by atoms with E-state index in [1.165, 1.54) is 15.8 Å². The maximum atomic E-state index is 12.9. The zero-order chi connectivity index (χ0) is 23.4. The number of thiazole rings is 1. The Labute approximate surface area is 199 Å². The summed E-state index contributed by atoms with van der Waals surface area (Å²) in [5.74, 6) is 1.69. The van der Waals surface area contributed by atoms with Gasteiger partial charge in [0.15, 0.2) is 11.5 Å². The SMILES string of the molecule is COc1cc(C)c(CN2CCN(C(=O)CN(C)Cc3nc4ccccc4s3)CC2)cc1OC. The highest BCUT2D eigenvalue weighted by atomic mass is 32.1. The van der Waals surface area contributed by atoms with Crippen LogP contribution in [0.15, 0.2) is 36.4 Å². The molecule has 33 heavy (non-hydrogen) atoms. The molecule has 4 rings (SSSR count). The van der Waals surface area contributed by atoms with Gasteiger partial charge in [0.2, 0.25) is 5.91 Å². The average Bonchev–Trinajstić information content (AvgIpc) is 3.22. The number of likely N-dealkylation sites (N-methyl/N-ethyl adjacent to an activating group) is 1. The van der Waals surface area contributed by atoms with Crippen LogP contribution >= 0.6 is 11.3 Å². The highest BCUT2D eigenvalue weighted by Gasteiger charge is 2.23. The van der Waals surface area contributed by atoms with E-state index in [1.54, 1.807) is 25.6 Å². The molecular formula is C25H32N4O3S. The molecular weight excluding hydrogens is 436 g/mol. The van der Waals surface area contributed by atoms with E-state index in [0.717, 1.165) is 54.7 Å². The van der Waals surface area contributed by atoms with Crippen LogP contribution in [0, 0.1) is 6.92 Å². The van der Waals surface area contributed by atoms with Crippen LogP contribution < -0.4 is 9.47 Å². The fourth-order valence-electron chi connectivity index (χ4n) is 4.19. The van der Waals surface area contributed by atoms with E-state index < -0.39 is 0 Å². The van der Waals surface area contributed by atoms with Crippen LogP contribution in [0.1, 0.15) is 16.1 Å². The van der Waals surface area contributed by atoms with Crippen molar-refractivity contribution in [2.24, 2.45) is 0 Å². The van der Waals surface area contributed by atoms with E-state index in [9.17, 15) is 4.79 Å². The molecule has 1 fully saturated rings. The van der Waals surface area contributed by atoms with Crippen LogP contribution in [0.5, 0.6) is 11.5 Å². The lowest BCUT2D eigenvalue weighted by Crippen LogP contribution is -2.50. The zero-order valence-electron chi connectivity index (χ0n) is 19.8. The van der Waals surface area contributed by atoms with Gasteiger partial charge in [0.05, 0.1) is 37.5 Å². The lowest BCUT2D eigenvalue weighted by atomic mass is 10.1. The number of aromatic nitrogens is 1. The number of methoxy groups -OCH3 is 2. The molecule has 0 spiro atoms. The van der Waals surface area contributed by atoms with Crippen molar-refractivity contribution in [3.63, 3.8) is 0 Å². The molecule has 0 bridgehead atoms. The third-order valence-corrected chi connectivity index (χ3v) is 7.13. The molecule has 1 aliphatic heterocycles. The number of hydrogen-bond acceptors (Lipinski definition) is 7. The third-order valence-electron chi connectivity index (χ3n) is 6.11. The fourth-order valence-corrected chi connectivity index (χ4v) is 5.24. The predicted molar refractivity (Wildman–Crippen MR) is 132 cm³/mol. The summed E-state index contributed by atoms with van der Waals surface area (Å²) in [7, 11) is 5.30. The fraction of sp³-hybridized carbons (Fsp3) is 0.440. The van der Waals surface area contributed by atoms with Gasteiger partial charge in [-0.2, -0.15) is 0 Å². The molecule has 2 aromatic carbocycles. The van der Waals surface area contributed by atoms with Crippen LogP contribution in [-0.2, 0) is 17.9 Å². The first kappa shape index (κ1) is 23.5. The average molecular weight is 469 g/mol. The highest BCUT2D eigenvalue weighted by molar-refractivity contribution is 7.18. The number of fused-ring (bicyclic) bond motifs is 1. The second kappa shape index (κ2) is 10.5. The maximum Gasteiger partial charge on any atom is 0.236 e. The van der Waals surface area contributed by atoms with E-state index in [2.05, 4.69) is 33.8 Å². The van der Waals surface area contributed by atoms with Gasteiger partial charge in [-0.05, 0) is 49.4 Å². The van der Waals surface area contributed by atoms with Gasteiger partial charge in [-0.25, -0.2) is 4.98 Å². The zero-order valence-corrected chi connectivity index (χ0v) is 20.7. The van der Waals surface area contributed by atoms with Crippen molar-refractivity contribution in [1.82, 2.24) is 19.7 Å². The summed E-state index contributed by atoms with van der Waals surface area (Å²) in [4.78, 5) is 24.0. The van der Waals surface area contributed by atoms with E-state index in [0.29, 0.717) is 13.1 Å². The van der Waals surface area contributed by atoms with Crippen LogP contribution in [0.2, 0.25) is 0 Å². The summed E-state index contributed by atoms with van der Waals surface area (Å²) in [6.45, 7) is 7.25. The Kier molecular flexibility index (Phi) is 7.47. The van der Waals surface area contributed by atoms with Crippen molar-refractivity contribution < 1.29 is 14.3 Å². The number of carbonyl (C=O) groups is 1. The summed E-state index contributed by atoms with van der Waals surface area (Å²) in [5.41, 5.74) is 3.43. The molecule has 8 heteroatoms. The Hall–Kier alpha value is -2.68. The van der Waals surface area contributed by atoms with Crippen LogP contribution in [0.4, 0.5) is 0 Å². The second-order valence-corrected chi connectivity index (χ2v) is 9.65. The Morgan fingerprint density at radius 1 is 1.09 bits per heavy atom. The van der Waals surface area contributed by atoms with Gasteiger partial charge in [0.1, 0.15) is 5.01 Å². The molecule has 0 radical (unpaired) electrons. The van der Waals surface area contributed by atoms with Gasteiger partial charge < -0.3 is 14.4 Å². The molecule has 176 valence electrons. The Morgan fingerprint density at radius 2 is 1.79 bits per heavy atom. The number of aryl methyl sites for hydroxylation is 1. The quantitative estimate of drug-likeness (QED) is 0.505. The molecule has 2 heterocycles. The molecule has 0 atom stereocenters. The molecule has 7 nitrogen and oxygen atoms in total. The lowest BCUT2D eigenvalue weighted by molar-refractivity contribution is -0.134. The number of amides is 1. The minimum atomic E-state index is 0.181. The molecule has 0 unspecified atom stereocenters. The molecule has 0 N–H and O–H groups in total. The van der Waals surface area contributed by atoms with Crippen LogP contribution in [0.25, 0.3) is 10.2 Å². The van der Waals surface area contributed by atoms with E-state index in [-0.39, 0.29) is 5.91 Å². The topological polar surface area (TPSA) is 58.1 Å². The van der Waals surface area contributed by atoms with Gasteiger partial charge >= 0.3 is 0 Å². The second-order valence-electron chi connectivity index (χ2n) is 8.54. The van der Waals surface area contributed by atoms with E-state index >= 15 is 0 Å². The Balaban J connectivity index is 1.27. The summed E-state index contributed by atoms with van der Waals surface area (Å²) >= 11 is 1.69. The Bertz CT molecular complexity index is 1080. The summed E-state index contributed by atoms with van der Waals surface area (Å²) in [5, 5.41) is 1.04. The van der Waals surface area contributed by atoms with Crippen molar-refractivity contribution in [1.29, 1.82) is 0 Å². The molecule has 3 aromatic rings. The summed E-state index contributed by atoms with van der Waals surface area (Å²) < 4.78 is 12.0. The lowest BCUT2D eigenvalue weighted by Gasteiger charge is -2.35. The number of hydrogen-bond donors (Lipinski definition) is 0. The standard InChI is InChI=1S/C25H32N4O3S/c1-18-13-21(31-3)22(32-4)14-19(18)15-28-9-11-29(12-10-28)25(30)17-27(2)16-24-26-20-7-5-6-8-23(20)33-24/h5-8,13-14H,9-12,15-17H2,1-4H3. The van der Waals surface area contributed by atoms with Crippen LogP contribution in [-0.4, -0.2) is 79.6 Å². The number of ether oxygens (including phenoxy) is 2. The number of nitrogens with zero attached hydrogens (tertiary/aromatic N) is 4. The summed E-state index contributed by atoms with van der Waals surface area (Å²) in [6, 6.07) is 12.2. The number of carbonyl (C=O) groups excluding carboxylic acids is 1. The molecule has 1 saturated heterocycles. The largest absolute Gasteiger partial charge is 0.493 e. The normalized spacial score (nSPS) is 14.8. The van der Waals surface area contributed by atoms with Gasteiger partial charge in [0, 0.05) is 32.7 Å². The van der Waals surface area contributed by atoms with Crippen molar-refractivity contribution >= 4 is 27.5 Å². The van der Waals surface area contributed by atoms with Gasteiger partial charge in [0.25, 0.3) is 0 Å². The minimum absolute atomic E-state index is 0.181. The Morgan fingerprint density at radius 3 is 2.48 bits per heavy atom. The van der Waals surface area contributed by atoms with Gasteiger partial charge in [-0.3, -0.25) is 14.6 Å². The molecule has 0 aliphatic carbocycles. The molecule has 1 aliphatic rings. The minimum Gasteiger partial charge on any atom is -0.493 e. The molecule has 1 aromatic heterocycles. The van der Waals surface area contributed by atoms with Crippen molar-refractivity contribution in [2.45, 2.75) is 20.0 Å². The highest BCUT2D eigenvalue weighted by Crippen LogP contribution is 2.31. The van der Waals surface area contributed by atoms with E-state index in [4.69, 9.17) is 9.47 Å². The number of benzene rings is 2. The van der Waals surface area contributed by atoms with Crippen molar-refractivity contribution in [3.8, 4) is 11.5 Å². The number of para-hydroxylation sites is 1. The number of piperazine rings is 1. The van der Waals surface area contributed by atoms with Gasteiger partial charge in [-0.15, -0.1) is 11.3 Å². The van der Waals surface area contributed by atoms with Crippen LogP contribution in [0.3, 0.4) is 0 Å². The number of rotatable bonds is 8. The van der Waals surface area contributed by atoms with Crippen molar-refractivity contribution in [2.75, 3.05) is 54.0 Å². The smallest absolute Gasteiger partial charge is 0.236 e. The van der Waals surface area contributed by atoms with E-state index in [1.807, 2.05) is 36.2 Å². The third kappa shape index (κ3) is 5.63. The monoisotopic (exact) mass is 468 g/mol. The first-order valence-electron chi connectivity index (χ1n) is 11.2. The van der Waals surface area contributed by atoms with Gasteiger partial charge in [-0.1, -0.05) is 12.1 Å². The maximum absolute atomic E-state index is 12.9. The molecule has 1 amide bonds. The first-order valence-corrected chi connectivity index (χ1v) is 12.0.